The molecule has 0 saturated carbocycles. The third-order valence-electron chi connectivity index (χ3n) is 4.87. The van der Waals surface area contributed by atoms with Gasteiger partial charge in [0.15, 0.2) is 5.79 Å². The number of ether oxygens (including phenoxy) is 4. The van der Waals surface area contributed by atoms with Gasteiger partial charge in [-0.1, -0.05) is 11.6 Å². The molecule has 10 heteroatoms. The Hall–Kier alpha value is -1.81. The highest BCUT2D eigenvalue weighted by Crippen LogP contribution is 2.39. The Kier molecular flexibility index (Phi) is 6.42. The number of sulfonamides is 1. The lowest BCUT2D eigenvalue weighted by Gasteiger charge is -2.33. The summed E-state index contributed by atoms with van der Waals surface area (Å²) in [6, 6.07) is 3.12. The van der Waals surface area contributed by atoms with E-state index in [1.54, 1.807) is 19.9 Å². The zero-order chi connectivity index (χ0) is 21.2. The quantitative estimate of drug-likeness (QED) is 0.672. The van der Waals surface area contributed by atoms with Crippen LogP contribution in [-0.2, 0) is 29.0 Å². The molecule has 160 valence electrons. The second-order valence-corrected chi connectivity index (χ2v) is 9.08. The average Bonchev–Trinajstić information content (AvgIpc) is 3.12. The van der Waals surface area contributed by atoms with Crippen molar-refractivity contribution in [1.29, 1.82) is 0 Å². The second kappa shape index (κ2) is 8.51. The Morgan fingerprint density at radius 2 is 2.03 bits per heavy atom. The van der Waals surface area contributed by atoms with E-state index in [0.29, 0.717) is 30.2 Å². The predicted molar refractivity (Wildman–Crippen MR) is 108 cm³/mol. The van der Waals surface area contributed by atoms with E-state index < -0.39 is 27.0 Å². The summed E-state index contributed by atoms with van der Waals surface area (Å²) in [5, 5.41) is -0.673. The molecule has 0 bridgehead atoms. The molecule has 1 heterocycles. The minimum absolute atomic E-state index is 0.00264. The van der Waals surface area contributed by atoms with Crippen LogP contribution in [-0.4, -0.2) is 52.4 Å². The van der Waals surface area contributed by atoms with Crippen molar-refractivity contribution in [3.8, 4) is 5.75 Å². The number of anilines is 1. The Labute approximate surface area is 175 Å². The maximum atomic E-state index is 13.2. The van der Waals surface area contributed by atoms with E-state index in [1.807, 2.05) is 0 Å². The largest absolute Gasteiger partial charge is 0.495 e. The highest BCUT2D eigenvalue weighted by molar-refractivity contribution is 7.93. The number of nitrogens with one attached hydrogen (secondary N) is 1. The lowest BCUT2D eigenvalue weighted by molar-refractivity contribution is -0.143. The number of benzene rings is 1. The molecule has 1 fully saturated rings. The van der Waals surface area contributed by atoms with Crippen molar-refractivity contribution in [2.75, 3.05) is 31.7 Å². The number of esters is 1. The van der Waals surface area contributed by atoms with Crippen LogP contribution in [0.1, 0.15) is 25.3 Å². The fourth-order valence-corrected chi connectivity index (χ4v) is 5.14. The molecular formula is C19H24ClNO7S. The van der Waals surface area contributed by atoms with Crippen LogP contribution in [0, 0.1) is 6.92 Å². The number of hydrogen-bond acceptors (Lipinski definition) is 7. The second-order valence-electron chi connectivity index (χ2n) is 6.80. The first kappa shape index (κ1) is 21.9. The van der Waals surface area contributed by atoms with Gasteiger partial charge in [-0.3, -0.25) is 4.72 Å². The van der Waals surface area contributed by atoms with E-state index in [4.69, 9.17) is 30.5 Å². The Morgan fingerprint density at radius 3 is 2.66 bits per heavy atom. The van der Waals surface area contributed by atoms with Gasteiger partial charge in [0.1, 0.15) is 11.0 Å². The van der Waals surface area contributed by atoms with Crippen LogP contribution in [0.15, 0.2) is 23.8 Å². The van der Waals surface area contributed by atoms with Crippen LogP contribution in [0.3, 0.4) is 0 Å². The van der Waals surface area contributed by atoms with E-state index in [1.165, 1.54) is 19.3 Å². The zero-order valence-corrected chi connectivity index (χ0v) is 18.1. The summed E-state index contributed by atoms with van der Waals surface area (Å²) in [5.74, 6) is -1.51. The number of carbonyl (C=O) groups excluding carboxylic acids is 1. The summed E-state index contributed by atoms with van der Waals surface area (Å²) in [7, 11) is -2.59. The van der Waals surface area contributed by atoms with Gasteiger partial charge in [0.05, 0.1) is 38.2 Å². The van der Waals surface area contributed by atoms with Gasteiger partial charge in [0.2, 0.25) is 10.0 Å². The van der Waals surface area contributed by atoms with Crippen LogP contribution < -0.4 is 9.46 Å². The molecule has 1 aliphatic heterocycles. The number of carbonyl (C=O) groups is 1. The van der Waals surface area contributed by atoms with E-state index >= 15 is 0 Å². The van der Waals surface area contributed by atoms with Crippen LogP contribution in [0.4, 0.5) is 5.69 Å². The minimum atomic E-state index is -4.01. The van der Waals surface area contributed by atoms with Crippen molar-refractivity contribution in [2.45, 2.75) is 37.7 Å². The van der Waals surface area contributed by atoms with E-state index in [2.05, 4.69) is 4.72 Å². The third kappa shape index (κ3) is 4.53. The highest BCUT2D eigenvalue weighted by atomic mass is 35.5. The van der Waals surface area contributed by atoms with E-state index in [0.717, 1.165) is 0 Å². The molecule has 0 amide bonds. The number of halogens is 1. The summed E-state index contributed by atoms with van der Waals surface area (Å²) in [6.45, 7) is 4.29. The molecule has 8 nitrogen and oxygen atoms in total. The standard InChI is InChI=1S/C19H24ClNO7S/c1-4-26-18(22)13-11-19(27-7-8-28-19)6-5-17(13)29(23,24)21-15-9-12(2)14(20)10-16(15)25-3/h9-11,17,21H,4-8H2,1-3H3. The fourth-order valence-electron chi connectivity index (χ4n) is 3.45. The topological polar surface area (TPSA) is 100 Å². The molecule has 1 atom stereocenters. The molecule has 0 aromatic heterocycles. The molecule has 1 spiro atoms. The number of aryl methyl sites for hydroxylation is 1. The van der Waals surface area contributed by atoms with Crippen molar-refractivity contribution in [3.05, 3.63) is 34.4 Å². The first-order valence-electron chi connectivity index (χ1n) is 9.25. The molecule has 1 N–H and O–H groups in total. The minimum Gasteiger partial charge on any atom is -0.495 e. The van der Waals surface area contributed by atoms with Gasteiger partial charge in [-0.05, 0) is 38.0 Å². The van der Waals surface area contributed by atoms with Gasteiger partial charge >= 0.3 is 5.97 Å². The Bertz CT molecular complexity index is 923. The molecule has 3 rings (SSSR count). The normalized spacial score (nSPS) is 21.0. The van der Waals surface area contributed by atoms with Gasteiger partial charge in [-0.2, -0.15) is 0 Å². The van der Waals surface area contributed by atoms with Crippen molar-refractivity contribution in [1.82, 2.24) is 0 Å². The number of rotatable bonds is 6. The van der Waals surface area contributed by atoms with Crippen molar-refractivity contribution in [2.24, 2.45) is 0 Å². The first-order chi connectivity index (χ1) is 13.7. The molecule has 1 unspecified atom stereocenters. The van der Waals surface area contributed by atoms with Crippen molar-refractivity contribution in [3.63, 3.8) is 0 Å². The highest BCUT2D eigenvalue weighted by Gasteiger charge is 2.46. The van der Waals surface area contributed by atoms with Crippen molar-refractivity contribution >= 4 is 33.3 Å². The van der Waals surface area contributed by atoms with Crippen LogP contribution in [0.2, 0.25) is 5.02 Å². The summed E-state index contributed by atoms with van der Waals surface area (Å²) >= 11 is 6.10. The zero-order valence-electron chi connectivity index (χ0n) is 16.5. The maximum absolute atomic E-state index is 13.2. The average molecular weight is 446 g/mol. The lowest BCUT2D eigenvalue weighted by Crippen LogP contribution is -2.42. The van der Waals surface area contributed by atoms with E-state index in [9.17, 15) is 13.2 Å². The monoisotopic (exact) mass is 445 g/mol. The predicted octanol–water partition coefficient (Wildman–Crippen LogP) is 2.79. The molecule has 1 aliphatic carbocycles. The third-order valence-corrected chi connectivity index (χ3v) is 7.02. The molecule has 1 aromatic carbocycles. The van der Waals surface area contributed by atoms with Crippen molar-refractivity contribution < 1.29 is 32.2 Å². The SMILES string of the molecule is CCOC(=O)C1=CC2(CCC1S(=O)(=O)Nc1cc(C)c(Cl)cc1OC)OCCO2. The number of methoxy groups -OCH3 is 1. The Balaban J connectivity index is 1.96. The lowest BCUT2D eigenvalue weighted by atomic mass is 9.94. The molecule has 29 heavy (non-hydrogen) atoms. The van der Waals surface area contributed by atoms with Crippen LogP contribution in [0.25, 0.3) is 0 Å². The smallest absolute Gasteiger partial charge is 0.335 e. The Morgan fingerprint density at radius 1 is 1.34 bits per heavy atom. The maximum Gasteiger partial charge on any atom is 0.335 e. The van der Waals surface area contributed by atoms with Gasteiger partial charge in [-0.25, -0.2) is 13.2 Å². The van der Waals surface area contributed by atoms with Gasteiger partial charge in [0.25, 0.3) is 0 Å². The van der Waals surface area contributed by atoms with Gasteiger partial charge in [-0.15, -0.1) is 0 Å². The molecule has 2 aliphatic rings. The molecule has 0 radical (unpaired) electrons. The van der Waals surface area contributed by atoms with E-state index in [-0.39, 0.29) is 30.0 Å². The first-order valence-corrected chi connectivity index (χ1v) is 11.2. The van der Waals surface area contributed by atoms with Gasteiger partial charge in [0, 0.05) is 17.5 Å². The molecular weight excluding hydrogens is 422 g/mol. The van der Waals surface area contributed by atoms with Crippen LogP contribution >= 0.6 is 11.6 Å². The summed E-state index contributed by atoms with van der Waals surface area (Å²) in [4.78, 5) is 12.5. The summed E-state index contributed by atoms with van der Waals surface area (Å²) < 4.78 is 50.6. The van der Waals surface area contributed by atoms with Crippen LogP contribution in [0.5, 0.6) is 5.75 Å². The van der Waals surface area contributed by atoms with Gasteiger partial charge < -0.3 is 18.9 Å². The summed E-state index contributed by atoms with van der Waals surface area (Å²) in [5.41, 5.74) is 0.921. The molecule has 1 saturated heterocycles. The fraction of sp³-hybridized carbons (Fsp3) is 0.526. The number of hydrogen-bond donors (Lipinski definition) is 1. The summed E-state index contributed by atoms with van der Waals surface area (Å²) in [6.07, 6.45) is 1.88. The molecule has 1 aromatic rings.